The Morgan fingerprint density at radius 2 is 2.00 bits per heavy atom. The van der Waals surface area contributed by atoms with Gasteiger partial charge in [-0.05, 0) is 70.3 Å². The molecule has 2 N–H and O–H groups in total. The molecule has 0 spiro atoms. The van der Waals surface area contributed by atoms with Crippen LogP contribution in [0.2, 0.25) is 0 Å². The summed E-state index contributed by atoms with van der Waals surface area (Å²) in [7, 11) is 0. The highest BCUT2D eigenvalue weighted by molar-refractivity contribution is 5.76. The largest absolute Gasteiger partial charge is 0.356 e. The van der Waals surface area contributed by atoms with Gasteiger partial charge in [-0.15, -0.1) is 0 Å². The second-order valence-electron chi connectivity index (χ2n) is 6.78. The molecule has 2 rings (SSSR count). The number of pyridine rings is 1. The van der Waals surface area contributed by atoms with Crippen LogP contribution in [0, 0.1) is 25.2 Å². The lowest BCUT2D eigenvalue weighted by molar-refractivity contribution is -0.121. The number of nitrogens with one attached hydrogen (secondary N) is 2. The number of piperidine rings is 1. The fourth-order valence-electron chi connectivity index (χ4n) is 3.46. The molecule has 0 aromatic carbocycles. The number of nitrogens with zero attached hydrogens (tertiary/aromatic N) is 2. The fraction of sp³-hybridized carbons (Fsp3) is 0.632. The first-order valence-electron chi connectivity index (χ1n) is 9.14. The fourth-order valence-corrected chi connectivity index (χ4v) is 3.46. The predicted octanol–water partition coefficient (Wildman–Crippen LogP) is 1.79. The maximum absolute atomic E-state index is 12.0. The number of aromatic nitrogens is 1. The summed E-state index contributed by atoms with van der Waals surface area (Å²) in [6, 6.07) is 1.94. The Morgan fingerprint density at radius 3 is 2.68 bits per heavy atom. The van der Waals surface area contributed by atoms with Crippen LogP contribution in [0.5, 0.6) is 0 Å². The molecule has 0 bridgehead atoms. The normalized spacial score (nSPS) is 14.9. The Kier molecular flexibility index (Phi) is 7.20. The lowest BCUT2D eigenvalue weighted by Crippen LogP contribution is -2.33. The summed E-state index contributed by atoms with van der Waals surface area (Å²) in [5.74, 6) is 0.0159. The van der Waals surface area contributed by atoms with Crippen LogP contribution in [-0.4, -0.2) is 42.0 Å². The van der Waals surface area contributed by atoms with Gasteiger partial charge in [-0.1, -0.05) is 6.42 Å². The average Bonchev–Trinajstić information content (AvgIpc) is 2.59. The second kappa shape index (κ2) is 9.38. The molecule has 136 valence electrons. The van der Waals surface area contributed by atoms with Crippen LogP contribution < -0.4 is 10.9 Å². The summed E-state index contributed by atoms with van der Waals surface area (Å²) >= 11 is 0. The first kappa shape index (κ1) is 19.2. The first-order chi connectivity index (χ1) is 12.0. The number of aryl methyl sites for hydroxylation is 1. The minimum atomic E-state index is -0.358. The van der Waals surface area contributed by atoms with E-state index < -0.39 is 0 Å². The molecule has 0 saturated carbocycles. The van der Waals surface area contributed by atoms with Gasteiger partial charge < -0.3 is 15.2 Å². The number of H-pyrrole nitrogens is 1. The Labute approximate surface area is 149 Å². The number of nitriles is 1. The minimum absolute atomic E-state index is 0.0159. The van der Waals surface area contributed by atoms with Crippen molar-refractivity contribution in [1.29, 1.82) is 5.26 Å². The number of likely N-dealkylation sites (tertiary alicyclic amines) is 1. The molecule has 1 aromatic heterocycles. The molecular weight excluding hydrogens is 316 g/mol. The molecule has 1 aromatic rings. The van der Waals surface area contributed by atoms with Crippen molar-refractivity contribution in [3.05, 3.63) is 32.7 Å². The van der Waals surface area contributed by atoms with Gasteiger partial charge in [0.2, 0.25) is 5.91 Å². The molecule has 25 heavy (non-hydrogen) atoms. The van der Waals surface area contributed by atoms with E-state index in [1.54, 1.807) is 13.8 Å². The Morgan fingerprint density at radius 1 is 1.28 bits per heavy atom. The van der Waals surface area contributed by atoms with Crippen molar-refractivity contribution in [2.45, 2.75) is 52.4 Å². The summed E-state index contributed by atoms with van der Waals surface area (Å²) in [6.45, 7) is 7.68. The maximum atomic E-state index is 12.0. The predicted molar refractivity (Wildman–Crippen MR) is 97.5 cm³/mol. The molecule has 2 heterocycles. The van der Waals surface area contributed by atoms with E-state index in [0.29, 0.717) is 24.9 Å². The van der Waals surface area contributed by atoms with Gasteiger partial charge in [0.1, 0.15) is 11.6 Å². The third-order valence-corrected chi connectivity index (χ3v) is 4.94. The van der Waals surface area contributed by atoms with Crippen molar-refractivity contribution in [3.8, 4) is 6.07 Å². The first-order valence-corrected chi connectivity index (χ1v) is 9.14. The molecule has 1 amide bonds. The number of aromatic amines is 1. The van der Waals surface area contributed by atoms with Crippen molar-refractivity contribution < 1.29 is 4.79 Å². The second-order valence-corrected chi connectivity index (χ2v) is 6.78. The van der Waals surface area contributed by atoms with Crippen LogP contribution in [0.1, 0.15) is 54.5 Å². The smallest absolute Gasteiger partial charge is 0.266 e. The van der Waals surface area contributed by atoms with E-state index in [1.165, 1.54) is 32.4 Å². The van der Waals surface area contributed by atoms with Gasteiger partial charge in [-0.25, -0.2) is 0 Å². The van der Waals surface area contributed by atoms with Gasteiger partial charge >= 0.3 is 0 Å². The molecular formula is C19H28N4O2. The van der Waals surface area contributed by atoms with Crippen LogP contribution in [0.3, 0.4) is 0 Å². The number of rotatable bonds is 7. The van der Waals surface area contributed by atoms with E-state index >= 15 is 0 Å². The zero-order chi connectivity index (χ0) is 18.2. The number of carbonyl (C=O) groups excluding carboxylic acids is 1. The van der Waals surface area contributed by atoms with Gasteiger partial charge in [-0.3, -0.25) is 9.59 Å². The number of amides is 1. The van der Waals surface area contributed by atoms with E-state index in [4.69, 9.17) is 5.26 Å². The number of hydrogen-bond acceptors (Lipinski definition) is 4. The van der Waals surface area contributed by atoms with Crippen molar-refractivity contribution >= 4 is 5.91 Å². The Balaban J connectivity index is 1.76. The zero-order valence-corrected chi connectivity index (χ0v) is 15.3. The molecule has 1 saturated heterocycles. The van der Waals surface area contributed by atoms with Crippen LogP contribution in [-0.2, 0) is 11.2 Å². The lowest BCUT2D eigenvalue weighted by Gasteiger charge is -2.26. The SMILES string of the molecule is Cc1[nH]c(=O)c(C#N)c(C)c1CCC(=O)NCCCN1CCCCC1. The summed E-state index contributed by atoms with van der Waals surface area (Å²) in [5.41, 5.74) is 2.09. The summed E-state index contributed by atoms with van der Waals surface area (Å²) in [4.78, 5) is 28.9. The van der Waals surface area contributed by atoms with Gasteiger partial charge in [-0.2, -0.15) is 5.26 Å². The highest BCUT2D eigenvalue weighted by atomic mass is 16.1. The van der Waals surface area contributed by atoms with Gasteiger partial charge in [0, 0.05) is 18.7 Å². The van der Waals surface area contributed by atoms with E-state index in [0.717, 1.165) is 24.2 Å². The highest BCUT2D eigenvalue weighted by Crippen LogP contribution is 2.15. The standard InChI is InChI=1S/C19H28N4O2/c1-14-16(15(2)22-19(25)17(14)13-20)7-8-18(24)21-9-6-12-23-10-4-3-5-11-23/h3-12H2,1-2H3,(H,21,24)(H,22,25). The van der Waals surface area contributed by atoms with E-state index in [1.807, 2.05) is 6.07 Å². The van der Waals surface area contributed by atoms with Gasteiger partial charge in [0.15, 0.2) is 0 Å². The van der Waals surface area contributed by atoms with Crippen molar-refractivity contribution in [3.63, 3.8) is 0 Å². The van der Waals surface area contributed by atoms with E-state index in [-0.39, 0.29) is 17.0 Å². The van der Waals surface area contributed by atoms with Crippen molar-refractivity contribution in [1.82, 2.24) is 15.2 Å². The molecule has 1 aliphatic rings. The molecule has 0 radical (unpaired) electrons. The molecule has 0 aliphatic carbocycles. The average molecular weight is 344 g/mol. The zero-order valence-electron chi connectivity index (χ0n) is 15.3. The topological polar surface area (TPSA) is 89.0 Å². The Bertz CT molecular complexity index is 697. The molecule has 0 unspecified atom stereocenters. The van der Waals surface area contributed by atoms with Crippen LogP contribution >= 0.6 is 0 Å². The van der Waals surface area contributed by atoms with Crippen LogP contribution in [0.4, 0.5) is 0 Å². The molecule has 1 aliphatic heterocycles. The molecule has 1 fully saturated rings. The van der Waals surface area contributed by atoms with Gasteiger partial charge in [0.05, 0.1) is 0 Å². The van der Waals surface area contributed by atoms with Crippen LogP contribution in [0.25, 0.3) is 0 Å². The molecule has 0 atom stereocenters. The van der Waals surface area contributed by atoms with E-state index in [9.17, 15) is 9.59 Å². The van der Waals surface area contributed by atoms with Gasteiger partial charge in [0.25, 0.3) is 5.56 Å². The number of carbonyl (C=O) groups is 1. The summed E-state index contributed by atoms with van der Waals surface area (Å²) < 4.78 is 0. The quantitative estimate of drug-likeness (QED) is 0.738. The van der Waals surface area contributed by atoms with Crippen molar-refractivity contribution in [2.24, 2.45) is 0 Å². The summed E-state index contributed by atoms with van der Waals surface area (Å²) in [5, 5.41) is 12.1. The monoisotopic (exact) mass is 344 g/mol. The third kappa shape index (κ3) is 5.43. The third-order valence-electron chi connectivity index (χ3n) is 4.94. The minimum Gasteiger partial charge on any atom is -0.356 e. The Hall–Kier alpha value is -2.13. The van der Waals surface area contributed by atoms with E-state index in [2.05, 4.69) is 15.2 Å². The lowest BCUT2D eigenvalue weighted by atomic mass is 9.99. The molecule has 6 heteroatoms. The summed E-state index contributed by atoms with van der Waals surface area (Å²) in [6.07, 6.45) is 5.78. The van der Waals surface area contributed by atoms with Crippen LogP contribution in [0.15, 0.2) is 4.79 Å². The van der Waals surface area contributed by atoms with Crippen molar-refractivity contribution in [2.75, 3.05) is 26.2 Å². The highest BCUT2D eigenvalue weighted by Gasteiger charge is 2.13. The maximum Gasteiger partial charge on any atom is 0.266 e. The molecule has 6 nitrogen and oxygen atoms in total. The number of hydrogen-bond donors (Lipinski definition) is 2.